The van der Waals surface area contributed by atoms with Crippen LogP contribution in [0.3, 0.4) is 0 Å². The van der Waals surface area contributed by atoms with Crippen molar-refractivity contribution in [1.82, 2.24) is 0 Å². The van der Waals surface area contributed by atoms with Gasteiger partial charge >= 0.3 is 6.18 Å². The van der Waals surface area contributed by atoms with Crippen LogP contribution in [0.1, 0.15) is 23.6 Å². The lowest BCUT2D eigenvalue weighted by Gasteiger charge is -2.14. The standard InChI is InChI=1S/C23H16F8N2O2/c1-2-34-16-9-13(5-8-15(16)35-11-12-3-6-14(24)7-4-12)10-32-33-22-20(27)18(25)17(23(29,30)31)19(26)21(22)28/h3-10,33H,2,11H2,1H3/b32-10-. The molecule has 0 heterocycles. The van der Waals surface area contributed by atoms with E-state index in [2.05, 4.69) is 5.10 Å². The number of ether oxygens (including phenoxy) is 2. The summed E-state index contributed by atoms with van der Waals surface area (Å²) in [6.07, 6.45) is -4.66. The molecule has 0 radical (unpaired) electrons. The summed E-state index contributed by atoms with van der Waals surface area (Å²) >= 11 is 0. The van der Waals surface area contributed by atoms with E-state index in [1.165, 1.54) is 42.5 Å². The summed E-state index contributed by atoms with van der Waals surface area (Å²) in [6.45, 7) is 2.04. The molecule has 35 heavy (non-hydrogen) atoms. The SMILES string of the molecule is CCOc1cc(/C=N\Nc2c(F)c(F)c(C(F)(F)F)c(F)c2F)ccc1OCc1ccc(F)cc1. The Kier molecular flexibility index (Phi) is 7.82. The Labute approximate surface area is 193 Å². The minimum atomic E-state index is -5.64. The third kappa shape index (κ3) is 6.00. The summed E-state index contributed by atoms with van der Waals surface area (Å²) < 4.78 is 117. The Bertz CT molecular complexity index is 1200. The molecule has 0 amide bonds. The van der Waals surface area contributed by atoms with Crippen molar-refractivity contribution in [1.29, 1.82) is 0 Å². The molecule has 0 spiro atoms. The molecule has 4 nitrogen and oxygen atoms in total. The van der Waals surface area contributed by atoms with E-state index in [4.69, 9.17) is 9.47 Å². The second-order valence-electron chi connectivity index (χ2n) is 6.93. The first kappa shape index (κ1) is 25.8. The van der Waals surface area contributed by atoms with Crippen molar-refractivity contribution in [2.24, 2.45) is 5.10 Å². The summed E-state index contributed by atoms with van der Waals surface area (Å²) in [5.41, 5.74) is -1.57. The average molecular weight is 504 g/mol. The third-order valence-electron chi connectivity index (χ3n) is 4.51. The molecule has 0 atom stereocenters. The molecule has 0 saturated carbocycles. The van der Waals surface area contributed by atoms with Gasteiger partial charge in [-0.1, -0.05) is 12.1 Å². The minimum absolute atomic E-state index is 0.0962. The Hall–Kier alpha value is -3.83. The highest BCUT2D eigenvalue weighted by molar-refractivity contribution is 5.81. The van der Waals surface area contributed by atoms with Crippen molar-refractivity contribution in [2.75, 3.05) is 12.0 Å². The first-order chi connectivity index (χ1) is 16.5. The maximum absolute atomic E-state index is 13.9. The number of benzene rings is 3. The Balaban J connectivity index is 1.79. The number of rotatable bonds is 8. The zero-order valence-corrected chi connectivity index (χ0v) is 17.8. The molecule has 0 aromatic heterocycles. The molecule has 3 aromatic carbocycles. The van der Waals surface area contributed by atoms with Crippen molar-refractivity contribution >= 4 is 11.9 Å². The average Bonchev–Trinajstić information content (AvgIpc) is 2.80. The van der Waals surface area contributed by atoms with Gasteiger partial charge in [-0.15, -0.1) is 0 Å². The van der Waals surface area contributed by atoms with Crippen LogP contribution in [0.2, 0.25) is 0 Å². The largest absolute Gasteiger partial charge is 0.490 e. The lowest BCUT2D eigenvalue weighted by Crippen LogP contribution is -2.16. The van der Waals surface area contributed by atoms with Crippen molar-refractivity contribution in [3.05, 3.63) is 88.2 Å². The first-order valence-electron chi connectivity index (χ1n) is 9.89. The van der Waals surface area contributed by atoms with Crippen LogP contribution in [-0.2, 0) is 12.8 Å². The quantitative estimate of drug-likeness (QED) is 0.158. The maximum Gasteiger partial charge on any atom is 0.422 e. The maximum atomic E-state index is 13.9. The molecule has 1 N–H and O–H groups in total. The van der Waals surface area contributed by atoms with Gasteiger partial charge in [0.1, 0.15) is 23.7 Å². The summed E-state index contributed by atoms with van der Waals surface area (Å²) in [5, 5.41) is 3.44. The first-order valence-corrected chi connectivity index (χ1v) is 9.89. The van der Waals surface area contributed by atoms with Crippen molar-refractivity contribution in [3.8, 4) is 11.5 Å². The predicted octanol–water partition coefficient (Wildman–Crippen LogP) is 6.82. The molecule has 0 unspecified atom stereocenters. The van der Waals surface area contributed by atoms with Gasteiger partial charge in [-0.25, -0.2) is 22.0 Å². The highest BCUT2D eigenvalue weighted by Crippen LogP contribution is 2.38. The Morgan fingerprint density at radius 1 is 0.829 bits per heavy atom. The van der Waals surface area contributed by atoms with Crippen LogP contribution in [0, 0.1) is 29.1 Å². The molecule has 186 valence electrons. The van der Waals surface area contributed by atoms with E-state index in [1.54, 1.807) is 12.3 Å². The van der Waals surface area contributed by atoms with Crippen LogP contribution in [0.5, 0.6) is 11.5 Å². The van der Waals surface area contributed by atoms with Crippen LogP contribution in [0.4, 0.5) is 40.8 Å². The third-order valence-corrected chi connectivity index (χ3v) is 4.51. The van der Waals surface area contributed by atoms with Crippen molar-refractivity contribution in [2.45, 2.75) is 19.7 Å². The second kappa shape index (κ2) is 10.6. The van der Waals surface area contributed by atoms with E-state index in [1.807, 2.05) is 0 Å². The number of nitrogens with zero attached hydrogens (tertiary/aromatic N) is 1. The van der Waals surface area contributed by atoms with E-state index in [0.29, 0.717) is 11.3 Å². The van der Waals surface area contributed by atoms with Crippen LogP contribution in [0.15, 0.2) is 47.6 Å². The van der Waals surface area contributed by atoms with Crippen LogP contribution >= 0.6 is 0 Å². The number of hydrogen-bond donors (Lipinski definition) is 1. The molecule has 0 fully saturated rings. The number of halogens is 8. The number of hydrogen-bond acceptors (Lipinski definition) is 4. The molecule has 0 aliphatic carbocycles. The fraction of sp³-hybridized carbons (Fsp3) is 0.174. The monoisotopic (exact) mass is 504 g/mol. The lowest BCUT2D eigenvalue weighted by atomic mass is 10.1. The lowest BCUT2D eigenvalue weighted by molar-refractivity contribution is -0.143. The van der Waals surface area contributed by atoms with Gasteiger partial charge in [0.05, 0.1) is 12.8 Å². The Morgan fingerprint density at radius 3 is 2.03 bits per heavy atom. The summed E-state index contributed by atoms with van der Waals surface area (Å²) in [4.78, 5) is 0. The molecule has 0 bridgehead atoms. The van der Waals surface area contributed by atoms with Gasteiger partial charge in [0, 0.05) is 0 Å². The summed E-state index contributed by atoms with van der Waals surface area (Å²) in [7, 11) is 0. The normalized spacial score (nSPS) is 11.7. The molecule has 0 aliphatic heterocycles. The van der Waals surface area contributed by atoms with E-state index >= 15 is 0 Å². The fourth-order valence-electron chi connectivity index (χ4n) is 2.88. The Morgan fingerprint density at radius 2 is 1.46 bits per heavy atom. The van der Waals surface area contributed by atoms with Crippen molar-refractivity contribution in [3.63, 3.8) is 0 Å². The molecule has 3 aromatic rings. The van der Waals surface area contributed by atoms with E-state index in [-0.39, 0.29) is 24.5 Å². The van der Waals surface area contributed by atoms with Gasteiger partial charge in [-0.2, -0.15) is 18.3 Å². The second-order valence-corrected chi connectivity index (χ2v) is 6.93. The zero-order chi connectivity index (χ0) is 25.8. The zero-order valence-electron chi connectivity index (χ0n) is 17.8. The number of alkyl halides is 3. The molecular weight excluding hydrogens is 488 g/mol. The van der Waals surface area contributed by atoms with Crippen molar-refractivity contribution < 1.29 is 44.6 Å². The topological polar surface area (TPSA) is 42.8 Å². The van der Waals surface area contributed by atoms with Gasteiger partial charge in [-0.05, 0) is 48.4 Å². The molecule has 0 aliphatic rings. The van der Waals surface area contributed by atoms with Gasteiger partial charge in [0.25, 0.3) is 0 Å². The van der Waals surface area contributed by atoms with E-state index in [0.717, 1.165) is 6.21 Å². The highest BCUT2D eigenvalue weighted by atomic mass is 19.4. The summed E-state index contributed by atoms with van der Waals surface area (Å²) in [6, 6.07) is 9.98. The van der Waals surface area contributed by atoms with Crippen LogP contribution in [0.25, 0.3) is 0 Å². The molecule has 3 rings (SSSR count). The highest BCUT2D eigenvalue weighted by Gasteiger charge is 2.42. The van der Waals surface area contributed by atoms with Crippen LogP contribution in [-0.4, -0.2) is 12.8 Å². The predicted molar refractivity (Wildman–Crippen MR) is 111 cm³/mol. The fourth-order valence-corrected chi connectivity index (χ4v) is 2.88. The van der Waals surface area contributed by atoms with E-state index in [9.17, 15) is 35.1 Å². The smallest absolute Gasteiger partial charge is 0.422 e. The van der Waals surface area contributed by atoms with Gasteiger partial charge in [0.2, 0.25) is 0 Å². The van der Waals surface area contributed by atoms with Crippen LogP contribution < -0.4 is 14.9 Å². The van der Waals surface area contributed by atoms with E-state index < -0.39 is 46.5 Å². The molecular formula is C23H16F8N2O2. The number of anilines is 1. The van der Waals surface area contributed by atoms with Gasteiger partial charge < -0.3 is 9.47 Å². The number of nitrogens with one attached hydrogen (secondary N) is 1. The summed E-state index contributed by atoms with van der Waals surface area (Å²) in [5.74, 6) is -9.61. The van der Waals surface area contributed by atoms with Gasteiger partial charge in [0.15, 0.2) is 34.8 Å². The molecule has 12 heteroatoms. The number of hydrazone groups is 1. The van der Waals surface area contributed by atoms with Gasteiger partial charge in [-0.3, -0.25) is 5.43 Å². The minimum Gasteiger partial charge on any atom is -0.490 e. The molecule has 0 saturated heterocycles.